The van der Waals surface area contributed by atoms with Crippen LogP contribution in [0.15, 0.2) is 23.4 Å². The molecule has 1 aliphatic carbocycles. The topological polar surface area (TPSA) is 59.4 Å². The van der Waals surface area contributed by atoms with Gasteiger partial charge in [-0.05, 0) is 44.2 Å². The van der Waals surface area contributed by atoms with E-state index in [1.807, 2.05) is 0 Å². The number of carboxylic acids is 1. The van der Waals surface area contributed by atoms with E-state index in [-0.39, 0.29) is 5.60 Å². The van der Waals surface area contributed by atoms with Crippen molar-refractivity contribution in [1.29, 1.82) is 0 Å². The highest BCUT2D eigenvalue weighted by Gasteiger charge is 2.42. The van der Waals surface area contributed by atoms with Crippen LogP contribution in [0, 0.1) is 0 Å². The van der Waals surface area contributed by atoms with Crippen LogP contribution in [0.3, 0.4) is 0 Å². The van der Waals surface area contributed by atoms with Gasteiger partial charge in [-0.25, -0.2) is 9.78 Å². The van der Waals surface area contributed by atoms with Gasteiger partial charge in [0.1, 0.15) is 0 Å². The van der Waals surface area contributed by atoms with Crippen molar-refractivity contribution in [3.63, 3.8) is 0 Å². The first-order valence-electron chi connectivity index (χ1n) is 6.67. The first-order chi connectivity index (χ1) is 9.17. The molecule has 3 rings (SSSR count). The summed E-state index contributed by atoms with van der Waals surface area (Å²) in [7, 11) is 0. The molecule has 5 heteroatoms. The maximum atomic E-state index is 10.9. The van der Waals surface area contributed by atoms with Gasteiger partial charge in [-0.1, -0.05) is 0 Å². The Morgan fingerprint density at radius 1 is 1.53 bits per heavy atom. The van der Waals surface area contributed by atoms with Crippen LogP contribution in [-0.4, -0.2) is 33.5 Å². The number of rotatable bonds is 3. The standard InChI is InChI=1S/C14H17NO3S/c16-13(17)10-2-6-15-12(8-10)19-11-3-7-18-14(9-11)4-1-5-14/h2,6,8,11H,1,3-5,7,9H2,(H,16,17). The molecule has 1 spiro atoms. The van der Waals surface area contributed by atoms with E-state index in [2.05, 4.69) is 4.98 Å². The smallest absolute Gasteiger partial charge is 0.335 e. The Balaban J connectivity index is 1.67. The Hall–Kier alpha value is -1.07. The normalized spacial score (nSPS) is 24.9. The van der Waals surface area contributed by atoms with Gasteiger partial charge in [-0.2, -0.15) is 0 Å². The number of hydrogen-bond donors (Lipinski definition) is 1. The first kappa shape index (κ1) is 12.9. The summed E-state index contributed by atoms with van der Waals surface area (Å²) < 4.78 is 5.90. The lowest BCUT2D eigenvalue weighted by Gasteiger charge is -2.47. The maximum Gasteiger partial charge on any atom is 0.335 e. The van der Waals surface area contributed by atoms with E-state index >= 15 is 0 Å². The molecule has 4 nitrogen and oxygen atoms in total. The third kappa shape index (κ3) is 2.77. The van der Waals surface area contributed by atoms with Gasteiger partial charge >= 0.3 is 5.97 Å². The molecule has 0 radical (unpaired) electrons. The highest BCUT2D eigenvalue weighted by Crippen LogP contribution is 2.46. The Morgan fingerprint density at radius 2 is 2.37 bits per heavy atom. The molecular weight excluding hydrogens is 262 g/mol. The molecule has 1 unspecified atom stereocenters. The van der Waals surface area contributed by atoms with Gasteiger partial charge in [0.05, 0.1) is 16.2 Å². The third-order valence-corrected chi connectivity index (χ3v) is 5.18. The lowest BCUT2D eigenvalue weighted by Crippen LogP contribution is -2.46. The third-order valence-electron chi connectivity index (χ3n) is 3.98. The van der Waals surface area contributed by atoms with E-state index in [4.69, 9.17) is 9.84 Å². The van der Waals surface area contributed by atoms with Gasteiger partial charge in [-0.3, -0.25) is 0 Å². The van der Waals surface area contributed by atoms with Crippen LogP contribution >= 0.6 is 11.8 Å². The van der Waals surface area contributed by atoms with Crippen LogP contribution in [-0.2, 0) is 4.74 Å². The fraction of sp³-hybridized carbons (Fsp3) is 0.571. The van der Waals surface area contributed by atoms with Crippen molar-refractivity contribution in [2.75, 3.05) is 6.61 Å². The fourth-order valence-electron chi connectivity index (χ4n) is 2.78. The second-order valence-electron chi connectivity index (χ2n) is 5.31. The molecule has 1 aromatic heterocycles. The number of hydrogen-bond acceptors (Lipinski definition) is 4. The monoisotopic (exact) mass is 279 g/mol. The minimum absolute atomic E-state index is 0.125. The average Bonchev–Trinajstić information content (AvgIpc) is 2.37. The molecule has 1 N–H and O–H groups in total. The fourth-order valence-corrected chi connectivity index (χ4v) is 4.04. The number of pyridine rings is 1. The van der Waals surface area contributed by atoms with Crippen LogP contribution in [0.2, 0.25) is 0 Å². The van der Waals surface area contributed by atoms with Crippen molar-refractivity contribution in [2.24, 2.45) is 0 Å². The molecule has 1 aliphatic heterocycles. The van der Waals surface area contributed by atoms with E-state index in [1.54, 1.807) is 24.0 Å². The van der Waals surface area contributed by atoms with Crippen LogP contribution in [0.4, 0.5) is 0 Å². The minimum atomic E-state index is -0.897. The number of aromatic nitrogens is 1. The zero-order valence-corrected chi connectivity index (χ0v) is 11.5. The summed E-state index contributed by atoms with van der Waals surface area (Å²) in [6.07, 6.45) is 7.27. The van der Waals surface area contributed by atoms with Crippen LogP contribution < -0.4 is 0 Å². The van der Waals surface area contributed by atoms with Gasteiger partial charge in [0.2, 0.25) is 0 Å². The van der Waals surface area contributed by atoms with Crippen molar-refractivity contribution in [1.82, 2.24) is 4.98 Å². The van der Waals surface area contributed by atoms with E-state index in [0.717, 1.165) is 24.5 Å². The van der Waals surface area contributed by atoms with Gasteiger partial charge in [0.25, 0.3) is 0 Å². The molecule has 0 bridgehead atoms. The molecule has 0 amide bonds. The molecule has 1 saturated heterocycles. The summed E-state index contributed by atoms with van der Waals surface area (Å²) in [5.74, 6) is -0.897. The summed E-state index contributed by atoms with van der Waals surface area (Å²) in [5.41, 5.74) is 0.434. The van der Waals surface area contributed by atoms with E-state index in [0.29, 0.717) is 10.8 Å². The molecular formula is C14H17NO3S. The summed E-state index contributed by atoms with van der Waals surface area (Å²) in [6, 6.07) is 3.19. The van der Waals surface area contributed by atoms with E-state index in [9.17, 15) is 4.79 Å². The number of aromatic carboxylic acids is 1. The number of thioether (sulfide) groups is 1. The Kier molecular flexibility index (Phi) is 3.50. The summed E-state index contributed by atoms with van der Waals surface area (Å²) in [6.45, 7) is 0.816. The Morgan fingerprint density at radius 3 is 3.05 bits per heavy atom. The van der Waals surface area contributed by atoms with Crippen molar-refractivity contribution in [3.05, 3.63) is 23.9 Å². The summed E-state index contributed by atoms with van der Waals surface area (Å²) >= 11 is 1.69. The highest BCUT2D eigenvalue weighted by molar-refractivity contribution is 7.99. The Bertz CT molecular complexity index is 487. The molecule has 1 aromatic rings. The predicted octanol–water partition coefficient (Wildman–Crippen LogP) is 2.97. The zero-order chi connectivity index (χ0) is 13.3. The van der Waals surface area contributed by atoms with Crippen LogP contribution in [0.25, 0.3) is 0 Å². The quantitative estimate of drug-likeness (QED) is 0.921. The van der Waals surface area contributed by atoms with Gasteiger partial charge in [-0.15, -0.1) is 11.8 Å². The lowest BCUT2D eigenvalue weighted by molar-refractivity contribution is -0.125. The molecule has 102 valence electrons. The first-order valence-corrected chi connectivity index (χ1v) is 7.55. The van der Waals surface area contributed by atoms with Crippen molar-refractivity contribution in [2.45, 2.75) is 48.0 Å². The number of carboxylic acid groups (broad SMARTS) is 1. The van der Waals surface area contributed by atoms with E-state index in [1.165, 1.54) is 25.3 Å². The molecule has 0 aromatic carbocycles. The van der Waals surface area contributed by atoms with Crippen molar-refractivity contribution >= 4 is 17.7 Å². The van der Waals surface area contributed by atoms with Crippen molar-refractivity contribution < 1.29 is 14.6 Å². The Labute approximate surface area is 116 Å². The summed E-state index contributed by atoms with van der Waals surface area (Å²) in [4.78, 5) is 15.2. The minimum Gasteiger partial charge on any atom is -0.478 e. The van der Waals surface area contributed by atoms with Gasteiger partial charge < -0.3 is 9.84 Å². The molecule has 2 fully saturated rings. The van der Waals surface area contributed by atoms with Crippen LogP contribution in [0.5, 0.6) is 0 Å². The lowest BCUT2D eigenvalue weighted by atomic mass is 9.75. The number of ether oxygens (including phenoxy) is 1. The molecule has 2 heterocycles. The predicted molar refractivity (Wildman–Crippen MR) is 72.6 cm³/mol. The van der Waals surface area contributed by atoms with E-state index < -0.39 is 5.97 Å². The van der Waals surface area contributed by atoms with Crippen molar-refractivity contribution in [3.8, 4) is 0 Å². The molecule has 1 saturated carbocycles. The van der Waals surface area contributed by atoms with Gasteiger partial charge in [0.15, 0.2) is 0 Å². The largest absolute Gasteiger partial charge is 0.478 e. The maximum absolute atomic E-state index is 10.9. The second-order valence-corrected chi connectivity index (χ2v) is 6.63. The number of nitrogens with zero attached hydrogens (tertiary/aromatic N) is 1. The van der Waals surface area contributed by atoms with Crippen LogP contribution in [0.1, 0.15) is 42.5 Å². The molecule has 2 aliphatic rings. The SMILES string of the molecule is O=C(O)c1ccnc(SC2CCOC3(CCC3)C2)c1. The molecule has 19 heavy (non-hydrogen) atoms. The summed E-state index contributed by atoms with van der Waals surface area (Å²) in [5, 5.41) is 10.3. The average molecular weight is 279 g/mol. The second kappa shape index (κ2) is 5.13. The van der Waals surface area contributed by atoms with Gasteiger partial charge in [0, 0.05) is 18.1 Å². The molecule has 1 atom stereocenters. The zero-order valence-electron chi connectivity index (χ0n) is 10.7. The highest BCUT2D eigenvalue weighted by atomic mass is 32.2. The number of carbonyl (C=O) groups is 1.